The number of carbonyl (C=O) groups excluding carboxylic acids is 1. The van der Waals surface area contributed by atoms with Crippen LogP contribution < -0.4 is 10.2 Å². The zero-order valence-electron chi connectivity index (χ0n) is 21.2. The van der Waals surface area contributed by atoms with Gasteiger partial charge in [0.2, 0.25) is 5.95 Å². The molecule has 0 unspecified atom stereocenters. The SMILES string of the molecule is CCN1CCN(c2ccc(Nc3ncc4cc(C(=O)N(C)C)n(C5CCCC5)c4n3)nc2)C[C@@H]1C. The number of nitrogens with zero attached hydrogens (tertiary/aromatic N) is 7. The molecule has 2 fully saturated rings. The summed E-state index contributed by atoms with van der Waals surface area (Å²) in [5, 5.41) is 4.15. The highest BCUT2D eigenvalue weighted by molar-refractivity contribution is 5.97. The Balaban J connectivity index is 1.38. The van der Waals surface area contributed by atoms with E-state index in [1.54, 1.807) is 25.2 Å². The van der Waals surface area contributed by atoms with Crippen LogP contribution in [0, 0.1) is 0 Å². The van der Waals surface area contributed by atoms with Gasteiger partial charge in [-0.25, -0.2) is 9.97 Å². The lowest BCUT2D eigenvalue weighted by molar-refractivity contribution is 0.0815. The molecule has 1 amide bonds. The van der Waals surface area contributed by atoms with E-state index in [9.17, 15) is 4.79 Å². The van der Waals surface area contributed by atoms with Gasteiger partial charge in [-0.1, -0.05) is 19.8 Å². The summed E-state index contributed by atoms with van der Waals surface area (Å²) in [7, 11) is 3.58. The third-order valence-electron chi connectivity index (χ3n) is 7.42. The minimum Gasteiger partial charge on any atom is -0.367 e. The lowest BCUT2D eigenvalue weighted by Gasteiger charge is -2.40. The van der Waals surface area contributed by atoms with Crippen LogP contribution in [0.2, 0.25) is 0 Å². The van der Waals surface area contributed by atoms with Crippen molar-refractivity contribution in [3.05, 3.63) is 36.3 Å². The normalized spacial score (nSPS) is 19.4. The Labute approximate surface area is 207 Å². The van der Waals surface area contributed by atoms with Crippen molar-refractivity contribution in [3.63, 3.8) is 0 Å². The van der Waals surface area contributed by atoms with Crippen LogP contribution in [0.1, 0.15) is 56.1 Å². The van der Waals surface area contributed by atoms with E-state index >= 15 is 0 Å². The zero-order chi connectivity index (χ0) is 24.5. The monoisotopic (exact) mass is 476 g/mol. The van der Waals surface area contributed by atoms with Gasteiger partial charge in [-0.05, 0) is 44.5 Å². The van der Waals surface area contributed by atoms with Crippen LogP contribution in [-0.2, 0) is 0 Å². The van der Waals surface area contributed by atoms with E-state index < -0.39 is 0 Å². The van der Waals surface area contributed by atoms with Crippen molar-refractivity contribution in [1.29, 1.82) is 0 Å². The quantitative estimate of drug-likeness (QED) is 0.577. The molecule has 1 N–H and O–H groups in total. The molecule has 1 aliphatic heterocycles. The standard InChI is InChI=1S/C26H36N8O/c1-5-32-12-13-33(17-18(32)2)21-10-11-23(27-16-21)29-26-28-15-19-14-22(25(35)31(3)4)34(24(19)30-26)20-8-6-7-9-20/h10-11,14-16,18,20H,5-9,12-13,17H2,1-4H3,(H,27,28,29,30)/t18-/m0/s1. The zero-order valence-corrected chi connectivity index (χ0v) is 21.2. The first-order valence-electron chi connectivity index (χ1n) is 12.8. The second-order valence-electron chi connectivity index (χ2n) is 9.96. The summed E-state index contributed by atoms with van der Waals surface area (Å²) in [5.41, 5.74) is 2.62. The first kappa shape index (κ1) is 23.5. The number of carbonyl (C=O) groups is 1. The van der Waals surface area contributed by atoms with Gasteiger partial charge in [0, 0.05) is 57.4 Å². The third kappa shape index (κ3) is 4.69. The molecule has 9 nitrogen and oxygen atoms in total. The Hall–Kier alpha value is -3.20. The Morgan fingerprint density at radius 1 is 1.14 bits per heavy atom. The summed E-state index contributed by atoms with van der Waals surface area (Å²) >= 11 is 0. The van der Waals surface area contributed by atoms with Crippen molar-refractivity contribution < 1.29 is 4.79 Å². The van der Waals surface area contributed by atoms with Crippen molar-refractivity contribution in [2.75, 3.05) is 50.5 Å². The molecule has 35 heavy (non-hydrogen) atoms. The minimum absolute atomic E-state index is 0.00393. The number of rotatable bonds is 6. The van der Waals surface area contributed by atoms with Crippen LogP contribution in [-0.4, -0.2) is 81.5 Å². The molecule has 2 aliphatic rings. The fraction of sp³-hybridized carbons (Fsp3) is 0.538. The molecular weight excluding hydrogens is 440 g/mol. The molecule has 0 radical (unpaired) electrons. The van der Waals surface area contributed by atoms with Gasteiger partial charge in [-0.15, -0.1) is 0 Å². The van der Waals surface area contributed by atoms with Gasteiger partial charge in [0.25, 0.3) is 5.91 Å². The van der Waals surface area contributed by atoms with Crippen LogP contribution in [0.3, 0.4) is 0 Å². The predicted molar refractivity (Wildman–Crippen MR) is 139 cm³/mol. The van der Waals surface area contributed by atoms with E-state index in [1.807, 2.05) is 18.3 Å². The number of piperazine rings is 1. The number of nitrogens with one attached hydrogen (secondary N) is 1. The topological polar surface area (TPSA) is 82.4 Å². The van der Waals surface area contributed by atoms with Crippen molar-refractivity contribution in [2.24, 2.45) is 0 Å². The van der Waals surface area contributed by atoms with Gasteiger partial charge < -0.3 is 19.7 Å². The summed E-state index contributed by atoms with van der Waals surface area (Å²) in [5.74, 6) is 1.19. The molecule has 3 aromatic rings. The summed E-state index contributed by atoms with van der Waals surface area (Å²) in [6.07, 6.45) is 8.21. The third-order valence-corrected chi connectivity index (χ3v) is 7.42. The van der Waals surface area contributed by atoms with Gasteiger partial charge >= 0.3 is 0 Å². The Morgan fingerprint density at radius 2 is 1.94 bits per heavy atom. The maximum absolute atomic E-state index is 12.9. The Bertz CT molecular complexity index is 1180. The van der Waals surface area contributed by atoms with Crippen molar-refractivity contribution in [3.8, 4) is 0 Å². The van der Waals surface area contributed by atoms with E-state index in [2.05, 4.69) is 49.6 Å². The fourth-order valence-electron chi connectivity index (χ4n) is 5.46. The smallest absolute Gasteiger partial charge is 0.270 e. The average molecular weight is 477 g/mol. The van der Waals surface area contributed by atoms with E-state index in [-0.39, 0.29) is 5.91 Å². The fourth-order valence-corrected chi connectivity index (χ4v) is 5.46. The molecule has 0 aromatic carbocycles. The lowest BCUT2D eigenvalue weighted by atomic mass is 10.2. The second kappa shape index (κ2) is 9.81. The Morgan fingerprint density at radius 3 is 2.60 bits per heavy atom. The van der Waals surface area contributed by atoms with Crippen LogP contribution >= 0.6 is 0 Å². The first-order valence-corrected chi connectivity index (χ1v) is 12.8. The lowest BCUT2D eigenvalue weighted by Crippen LogP contribution is -2.51. The van der Waals surface area contributed by atoms with E-state index in [4.69, 9.17) is 4.98 Å². The summed E-state index contributed by atoms with van der Waals surface area (Å²) in [6.45, 7) is 8.69. The molecule has 1 saturated heterocycles. The maximum atomic E-state index is 12.9. The molecule has 1 saturated carbocycles. The van der Waals surface area contributed by atoms with Gasteiger partial charge in [-0.3, -0.25) is 9.69 Å². The van der Waals surface area contributed by atoms with Gasteiger partial charge in [0.1, 0.15) is 17.2 Å². The van der Waals surface area contributed by atoms with Crippen molar-refractivity contribution in [1.82, 2.24) is 29.3 Å². The molecule has 9 heteroatoms. The van der Waals surface area contributed by atoms with E-state index in [0.717, 1.165) is 55.7 Å². The van der Waals surface area contributed by atoms with Crippen LogP contribution in [0.4, 0.5) is 17.5 Å². The Kier molecular flexibility index (Phi) is 6.60. The highest BCUT2D eigenvalue weighted by atomic mass is 16.2. The van der Waals surface area contributed by atoms with Gasteiger partial charge in [0.15, 0.2) is 0 Å². The molecule has 1 aliphatic carbocycles. The molecular formula is C26H36N8O. The van der Waals surface area contributed by atoms with E-state index in [1.165, 1.54) is 12.8 Å². The summed E-state index contributed by atoms with van der Waals surface area (Å²) < 4.78 is 2.13. The van der Waals surface area contributed by atoms with Crippen molar-refractivity contribution in [2.45, 2.75) is 51.6 Å². The molecule has 0 spiro atoms. The number of anilines is 3. The molecule has 3 aromatic heterocycles. The molecule has 4 heterocycles. The largest absolute Gasteiger partial charge is 0.367 e. The number of likely N-dealkylation sites (N-methyl/N-ethyl adjacent to an activating group) is 1. The van der Waals surface area contributed by atoms with Crippen LogP contribution in [0.15, 0.2) is 30.6 Å². The van der Waals surface area contributed by atoms with Gasteiger partial charge in [0.05, 0.1) is 11.9 Å². The second-order valence-corrected chi connectivity index (χ2v) is 9.96. The molecule has 0 bridgehead atoms. The number of hydrogen-bond acceptors (Lipinski definition) is 7. The first-order chi connectivity index (χ1) is 16.9. The summed E-state index contributed by atoms with van der Waals surface area (Å²) in [6, 6.07) is 6.84. The predicted octanol–water partition coefficient (Wildman–Crippen LogP) is 3.92. The molecule has 5 rings (SSSR count). The highest BCUT2D eigenvalue weighted by Gasteiger charge is 2.27. The van der Waals surface area contributed by atoms with Crippen molar-refractivity contribution >= 4 is 34.4 Å². The number of pyridine rings is 1. The summed E-state index contributed by atoms with van der Waals surface area (Å²) in [4.78, 5) is 33.4. The molecule has 1 atom stereocenters. The number of hydrogen-bond donors (Lipinski definition) is 1. The number of aromatic nitrogens is 4. The average Bonchev–Trinajstić information content (AvgIpc) is 3.51. The molecule has 186 valence electrons. The van der Waals surface area contributed by atoms with E-state index in [0.29, 0.717) is 29.5 Å². The maximum Gasteiger partial charge on any atom is 0.270 e. The minimum atomic E-state index is -0.00393. The van der Waals surface area contributed by atoms with Crippen LogP contribution in [0.25, 0.3) is 11.0 Å². The number of amides is 1. The van der Waals surface area contributed by atoms with Crippen LogP contribution in [0.5, 0.6) is 0 Å². The van der Waals surface area contributed by atoms with Gasteiger partial charge in [-0.2, -0.15) is 4.98 Å². The highest BCUT2D eigenvalue weighted by Crippen LogP contribution is 2.35. The number of fused-ring (bicyclic) bond motifs is 1.